The fourth-order valence-electron chi connectivity index (χ4n) is 3.35. The minimum absolute atomic E-state index is 0.167. The van der Waals surface area contributed by atoms with Crippen LogP contribution in [0.2, 0.25) is 5.02 Å². The minimum atomic E-state index is 0.167. The van der Waals surface area contributed by atoms with Crippen LogP contribution < -0.4 is 9.47 Å². The van der Waals surface area contributed by atoms with Crippen molar-refractivity contribution in [1.82, 2.24) is 20.2 Å². The number of rotatable bonds is 9. The number of hydrogen-bond acceptors (Lipinski definition) is 6. The Balaban J connectivity index is 1.60. The number of ether oxygens (including phenoxy) is 3. The summed E-state index contributed by atoms with van der Waals surface area (Å²) >= 11 is 6.28. The van der Waals surface area contributed by atoms with Gasteiger partial charge in [-0.15, -0.1) is 5.10 Å². The molecule has 32 heavy (non-hydrogen) atoms. The maximum Gasteiger partial charge on any atom is 0.188 e. The van der Waals surface area contributed by atoms with Crippen LogP contribution in [0.3, 0.4) is 0 Å². The van der Waals surface area contributed by atoms with Crippen molar-refractivity contribution in [2.45, 2.75) is 20.1 Å². The molecule has 0 saturated heterocycles. The van der Waals surface area contributed by atoms with E-state index in [-0.39, 0.29) is 6.79 Å². The molecular formula is C24H23ClN4O3. The lowest BCUT2D eigenvalue weighted by molar-refractivity contribution is 0.0507. The minimum Gasteiger partial charge on any atom is -0.489 e. The molecule has 0 saturated carbocycles. The van der Waals surface area contributed by atoms with Gasteiger partial charge in [0.15, 0.2) is 12.6 Å². The molecule has 164 valence electrons. The summed E-state index contributed by atoms with van der Waals surface area (Å²) < 4.78 is 18.5. The normalized spacial score (nSPS) is 10.8. The van der Waals surface area contributed by atoms with Crippen molar-refractivity contribution >= 4 is 11.6 Å². The molecule has 0 spiro atoms. The number of halogens is 1. The van der Waals surface area contributed by atoms with Crippen molar-refractivity contribution < 1.29 is 14.2 Å². The molecule has 3 aromatic carbocycles. The Kier molecular flexibility index (Phi) is 6.99. The summed E-state index contributed by atoms with van der Waals surface area (Å²) in [7, 11) is 1.59. The quantitative estimate of drug-likeness (QED) is 0.337. The maximum atomic E-state index is 6.28. The van der Waals surface area contributed by atoms with Crippen molar-refractivity contribution in [3.8, 4) is 22.9 Å². The van der Waals surface area contributed by atoms with Crippen molar-refractivity contribution in [2.75, 3.05) is 13.9 Å². The van der Waals surface area contributed by atoms with Crippen molar-refractivity contribution in [3.05, 3.63) is 88.4 Å². The Morgan fingerprint density at radius 3 is 2.59 bits per heavy atom. The number of aromatic nitrogens is 4. The van der Waals surface area contributed by atoms with Crippen molar-refractivity contribution in [3.63, 3.8) is 0 Å². The van der Waals surface area contributed by atoms with Crippen LogP contribution >= 0.6 is 11.6 Å². The fraction of sp³-hybridized carbons (Fsp3) is 0.208. The average Bonchev–Trinajstić information content (AvgIpc) is 3.26. The zero-order valence-corrected chi connectivity index (χ0v) is 18.6. The van der Waals surface area contributed by atoms with Gasteiger partial charge in [0, 0.05) is 28.8 Å². The molecule has 1 aromatic heterocycles. The van der Waals surface area contributed by atoms with Gasteiger partial charge in [-0.05, 0) is 47.2 Å². The zero-order valence-electron chi connectivity index (χ0n) is 17.9. The molecule has 8 heteroatoms. The van der Waals surface area contributed by atoms with Gasteiger partial charge in [0.2, 0.25) is 0 Å². The topological polar surface area (TPSA) is 71.3 Å². The second-order valence-corrected chi connectivity index (χ2v) is 7.60. The lowest BCUT2D eigenvalue weighted by atomic mass is 10.1. The monoisotopic (exact) mass is 450 g/mol. The standard InChI is InChI=1S/C24H23ClN4O3/c1-17-21(9-6-10-22(17)32-16-30-2)24-26-27-28-29(24)14-19-13-20(25)11-12-23(19)31-15-18-7-4-3-5-8-18/h3-13H,14-16H2,1-2H3. The van der Waals surface area contributed by atoms with Crippen LogP contribution in [-0.2, 0) is 17.9 Å². The molecule has 0 N–H and O–H groups in total. The van der Waals surface area contributed by atoms with Gasteiger partial charge in [-0.25, -0.2) is 4.68 Å². The number of methoxy groups -OCH3 is 1. The molecule has 0 amide bonds. The summed E-state index contributed by atoms with van der Waals surface area (Å²) in [6.07, 6.45) is 0. The second-order valence-electron chi connectivity index (χ2n) is 7.17. The third-order valence-electron chi connectivity index (χ3n) is 4.97. The smallest absolute Gasteiger partial charge is 0.188 e. The first kappa shape index (κ1) is 21.8. The summed E-state index contributed by atoms with van der Waals surface area (Å²) in [5.74, 6) is 2.07. The Hall–Kier alpha value is -3.42. The third kappa shape index (κ3) is 5.07. The third-order valence-corrected chi connectivity index (χ3v) is 5.20. The molecule has 4 rings (SSSR count). The highest BCUT2D eigenvalue weighted by molar-refractivity contribution is 6.30. The molecule has 4 aromatic rings. The molecule has 0 aliphatic heterocycles. The maximum absolute atomic E-state index is 6.28. The van der Waals surface area contributed by atoms with E-state index in [0.29, 0.717) is 29.7 Å². The Labute approximate surface area is 191 Å². The SMILES string of the molecule is COCOc1cccc(-c2nnnn2Cc2cc(Cl)ccc2OCc2ccccc2)c1C. The van der Waals surface area contributed by atoms with Gasteiger partial charge in [0.05, 0.1) is 6.54 Å². The first-order valence-corrected chi connectivity index (χ1v) is 10.5. The van der Waals surface area contributed by atoms with E-state index in [4.69, 9.17) is 25.8 Å². The van der Waals surface area contributed by atoms with Gasteiger partial charge < -0.3 is 14.2 Å². The van der Waals surface area contributed by atoms with Gasteiger partial charge >= 0.3 is 0 Å². The predicted molar refractivity (Wildman–Crippen MR) is 122 cm³/mol. The van der Waals surface area contributed by atoms with Crippen LogP contribution in [0, 0.1) is 6.92 Å². The van der Waals surface area contributed by atoms with E-state index in [1.807, 2.05) is 73.7 Å². The van der Waals surface area contributed by atoms with E-state index in [1.165, 1.54) is 0 Å². The lowest BCUT2D eigenvalue weighted by Gasteiger charge is -2.14. The summed E-state index contributed by atoms with van der Waals surface area (Å²) in [4.78, 5) is 0. The fourth-order valence-corrected chi connectivity index (χ4v) is 3.54. The molecule has 1 heterocycles. The van der Waals surface area contributed by atoms with E-state index in [1.54, 1.807) is 11.8 Å². The van der Waals surface area contributed by atoms with E-state index >= 15 is 0 Å². The zero-order chi connectivity index (χ0) is 22.3. The molecule has 7 nitrogen and oxygen atoms in total. The van der Waals surface area contributed by atoms with E-state index in [0.717, 1.165) is 28.0 Å². The molecule has 0 radical (unpaired) electrons. The van der Waals surface area contributed by atoms with Crippen molar-refractivity contribution in [2.24, 2.45) is 0 Å². The molecule has 0 aliphatic rings. The highest BCUT2D eigenvalue weighted by Gasteiger charge is 2.16. The molecule has 0 fully saturated rings. The first-order valence-electron chi connectivity index (χ1n) is 10.1. The van der Waals surface area contributed by atoms with Gasteiger partial charge in [0.25, 0.3) is 0 Å². The molecule has 0 bridgehead atoms. The predicted octanol–water partition coefficient (Wildman–Crippen LogP) is 4.91. The lowest BCUT2D eigenvalue weighted by Crippen LogP contribution is -2.08. The van der Waals surface area contributed by atoms with Crippen LogP contribution in [0.1, 0.15) is 16.7 Å². The number of nitrogens with zero attached hydrogens (tertiary/aromatic N) is 4. The highest BCUT2D eigenvalue weighted by Crippen LogP contribution is 2.30. The van der Waals surface area contributed by atoms with E-state index in [9.17, 15) is 0 Å². The first-order chi connectivity index (χ1) is 15.7. The van der Waals surface area contributed by atoms with Gasteiger partial charge in [-0.3, -0.25) is 0 Å². The number of hydrogen-bond donors (Lipinski definition) is 0. The van der Waals surface area contributed by atoms with Gasteiger partial charge in [-0.1, -0.05) is 54.1 Å². The summed E-state index contributed by atoms with van der Waals surface area (Å²) in [5, 5.41) is 13.0. The molecule has 0 atom stereocenters. The van der Waals surface area contributed by atoms with E-state index < -0.39 is 0 Å². The molecule has 0 aliphatic carbocycles. The van der Waals surface area contributed by atoms with Crippen LogP contribution in [0.15, 0.2) is 66.7 Å². The van der Waals surface area contributed by atoms with Crippen LogP contribution in [-0.4, -0.2) is 34.1 Å². The highest BCUT2D eigenvalue weighted by atomic mass is 35.5. The van der Waals surface area contributed by atoms with Gasteiger partial charge in [0.1, 0.15) is 18.1 Å². The Morgan fingerprint density at radius 1 is 0.938 bits per heavy atom. The van der Waals surface area contributed by atoms with Crippen LogP contribution in [0.4, 0.5) is 0 Å². The second kappa shape index (κ2) is 10.3. The summed E-state index contributed by atoms with van der Waals surface area (Å²) in [6.45, 7) is 2.98. The molecular weight excluding hydrogens is 428 g/mol. The van der Waals surface area contributed by atoms with Crippen LogP contribution in [0.5, 0.6) is 11.5 Å². The van der Waals surface area contributed by atoms with Gasteiger partial charge in [-0.2, -0.15) is 0 Å². The number of tetrazole rings is 1. The van der Waals surface area contributed by atoms with Crippen LogP contribution in [0.25, 0.3) is 11.4 Å². The van der Waals surface area contributed by atoms with Crippen molar-refractivity contribution in [1.29, 1.82) is 0 Å². The average molecular weight is 451 g/mol. The number of benzene rings is 3. The Morgan fingerprint density at radius 2 is 1.78 bits per heavy atom. The molecule has 0 unspecified atom stereocenters. The Bertz CT molecular complexity index is 1180. The summed E-state index contributed by atoms with van der Waals surface area (Å²) in [6, 6.07) is 21.3. The largest absolute Gasteiger partial charge is 0.489 e. The summed E-state index contributed by atoms with van der Waals surface area (Å²) in [5.41, 5.74) is 3.76. The van der Waals surface area contributed by atoms with E-state index in [2.05, 4.69) is 15.5 Å².